The van der Waals surface area contributed by atoms with Gasteiger partial charge in [0.2, 0.25) is 0 Å². The van der Waals surface area contributed by atoms with Crippen molar-refractivity contribution < 1.29 is 18.3 Å². The van der Waals surface area contributed by atoms with Crippen LogP contribution in [0.1, 0.15) is 24.8 Å². The molecule has 3 rings (SSSR count). The predicted octanol–water partition coefficient (Wildman–Crippen LogP) is 6.12. The van der Waals surface area contributed by atoms with Gasteiger partial charge in [-0.1, -0.05) is 12.1 Å². The molecule has 3 nitrogen and oxygen atoms in total. The molecule has 0 bridgehead atoms. The molecule has 0 fully saturated rings. The third-order valence-electron chi connectivity index (χ3n) is 4.01. The van der Waals surface area contributed by atoms with Gasteiger partial charge in [0.05, 0.1) is 14.5 Å². The summed E-state index contributed by atoms with van der Waals surface area (Å²) in [5.74, 6) is -1.05. The van der Waals surface area contributed by atoms with Crippen LogP contribution in [0.25, 0.3) is 0 Å². The lowest BCUT2D eigenvalue weighted by Crippen LogP contribution is -2.13. The average Bonchev–Trinajstić information content (AvgIpc) is 3.11. The lowest BCUT2D eigenvalue weighted by molar-refractivity contribution is -0.112. The highest BCUT2D eigenvalue weighted by atomic mass is 79.9. The van der Waals surface area contributed by atoms with E-state index in [4.69, 9.17) is 4.74 Å². The molecule has 0 atom stereocenters. The van der Waals surface area contributed by atoms with E-state index in [1.807, 2.05) is 6.08 Å². The molecule has 1 N–H and O–H groups in total. The first-order chi connectivity index (χ1) is 12.5. The van der Waals surface area contributed by atoms with E-state index in [1.165, 1.54) is 18.2 Å². The van der Waals surface area contributed by atoms with Crippen LogP contribution in [0.15, 0.2) is 50.9 Å². The molecule has 1 amide bonds. The van der Waals surface area contributed by atoms with Gasteiger partial charge in [0.25, 0.3) is 5.91 Å². The second-order valence-electron chi connectivity index (χ2n) is 5.83. The van der Waals surface area contributed by atoms with Crippen LogP contribution in [0.4, 0.5) is 14.5 Å². The number of ether oxygens (including phenoxy) is 1. The van der Waals surface area contributed by atoms with Crippen molar-refractivity contribution in [1.29, 1.82) is 0 Å². The van der Waals surface area contributed by atoms with Gasteiger partial charge >= 0.3 is 0 Å². The number of carbonyl (C=O) groups excluding carboxylic acids is 1. The van der Waals surface area contributed by atoms with Gasteiger partial charge in [-0.2, -0.15) is 0 Å². The van der Waals surface area contributed by atoms with E-state index in [2.05, 4.69) is 37.2 Å². The van der Waals surface area contributed by atoms with Crippen LogP contribution in [0, 0.1) is 11.6 Å². The van der Waals surface area contributed by atoms with Crippen LogP contribution in [0.3, 0.4) is 0 Å². The van der Waals surface area contributed by atoms with Crippen molar-refractivity contribution in [2.75, 3.05) is 5.32 Å². The maximum absolute atomic E-state index is 13.7. The second kappa shape index (κ2) is 8.31. The lowest BCUT2D eigenvalue weighted by Gasteiger charge is -2.14. The van der Waals surface area contributed by atoms with Crippen molar-refractivity contribution >= 4 is 43.5 Å². The zero-order chi connectivity index (χ0) is 18.7. The summed E-state index contributed by atoms with van der Waals surface area (Å²) in [6.45, 7) is -0.256. The number of carbonyl (C=O) groups is 1. The number of nitrogens with one attached hydrogen (secondary N) is 1. The fourth-order valence-electron chi connectivity index (χ4n) is 2.67. The molecular formula is C19H15Br2F2NO2. The molecule has 1 aliphatic carbocycles. The third kappa shape index (κ3) is 4.32. The standard InChI is InChI=1S/C19H15Br2F2NO2/c20-14-8-12(24-19(25)11-4-1-2-5-11)9-15(21)18(14)26-10-13-16(22)6-3-7-17(13)23/h3-4,6-9H,1-2,5,10H2,(H,24,25). The largest absolute Gasteiger partial charge is 0.486 e. The van der Waals surface area contributed by atoms with E-state index in [0.29, 0.717) is 20.4 Å². The van der Waals surface area contributed by atoms with Gasteiger partial charge < -0.3 is 10.1 Å². The van der Waals surface area contributed by atoms with Gasteiger partial charge in [0, 0.05) is 11.3 Å². The van der Waals surface area contributed by atoms with E-state index in [0.717, 1.165) is 24.8 Å². The number of amides is 1. The summed E-state index contributed by atoms with van der Waals surface area (Å²) in [4.78, 5) is 12.2. The van der Waals surface area contributed by atoms with Crippen LogP contribution in [-0.4, -0.2) is 5.91 Å². The van der Waals surface area contributed by atoms with Crippen LogP contribution >= 0.6 is 31.9 Å². The normalized spacial score (nSPS) is 13.5. The van der Waals surface area contributed by atoms with Gasteiger partial charge in [-0.3, -0.25) is 4.79 Å². The Bertz CT molecular complexity index is 841. The zero-order valence-electron chi connectivity index (χ0n) is 13.6. The first kappa shape index (κ1) is 19.0. The van der Waals surface area contributed by atoms with Crippen molar-refractivity contribution in [3.05, 3.63) is 68.1 Å². The van der Waals surface area contributed by atoms with E-state index in [-0.39, 0.29) is 18.1 Å². The molecule has 0 saturated carbocycles. The Hall–Kier alpha value is -1.73. The number of hydrogen-bond acceptors (Lipinski definition) is 2. The zero-order valence-corrected chi connectivity index (χ0v) is 16.8. The minimum absolute atomic E-state index is 0.122. The Kier molecular flexibility index (Phi) is 6.09. The molecule has 7 heteroatoms. The fourth-order valence-corrected chi connectivity index (χ4v) is 4.09. The molecule has 0 aromatic heterocycles. The summed E-state index contributed by atoms with van der Waals surface area (Å²) in [5.41, 5.74) is 1.23. The maximum atomic E-state index is 13.7. The number of benzene rings is 2. The van der Waals surface area contributed by atoms with Gasteiger partial charge in [0.1, 0.15) is 24.0 Å². The van der Waals surface area contributed by atoms with E-state index < -0.39 is 11.6 Å². The van der Waals surface area contributed by atoms with E-state index in [9.17, 15) is 13.6 Å². The minimum atomic E-state index is -0.661. The summed E-state index contributed by atoms with van der Waals surface area (Å²) < 4.78 is 34.1. The topological polar surface area (TPSA) is 38.3 Å². The monoisotopic (exact) mass is 485 g/mol. The summed E-state index contributed by atoms with van der Waals surface area (Å²) >= 11 is 6.75. The molecule has 2 aromatic carbocycles. The van der Waals surface area contributed by atoms with Gasteiger partial charge in [-0.25, -0.2) is 8.78 Å². The van der Waals surface area contributed by atoms with E-state index >= 15 is 0 Å². The van der Waals surface area contributed by atoms with Gasteiger partial charge in [-0.05, 0) is 75.4 Å². The number of anilines is 1. The summed E-state index contributed by atoms with van der Waals surface area (Å²) in [5, 5.41) is 2.84. The summed E-state index contributed by atoms with van der Waals surface area (Å²) in [6.07, 6.45) is 4.65. The second-order valence-corrected chi connectivity index (χ2v) is 7.54. The maximum Gasteiger partial charge on any atom is 0.251 e. The molecule has 0 heterocycles. The molecule has 2 aromatic rings. The van der Waals surface area contributed by atoms with Crippen LogP contribution < -0.4 is 10.1 Å². The molecule has 0 spiro atoms. The Morgan fingerprint density at radius 2 is 1.81 bits per heavy atom. The van der Waals surface area contributed by atoms with Crippen LogP contribution in [-0.2, 0) is 11.4 Å². The molecule has 0 saturated heterocycles. The van der Waals surface area contributed by atoms with Crippen molar-refractivity contribution in [2.24, 2.45) is 0 Å². The van der Waals surface area contributed by atoms with Gasteiger partial charge in [-0.15, -0.1) is 0 Å². The smallest absolute Gasteiger partial charge is 0.251 e. The molecule has 0 aliphatic heterocycles. The Balaban J connectivity index is 1.74. The van der Waals surface area contributed by atoms with Crippen molar-refractivity contribution in [2.45, 2.75) is 25.9 Å². The van der Waals surface area contributed by atoms with E-state index in [1.54, 1.807) is 12.1 Å². The molecule has 1 aliphatic rings. The summed E-state index contributed by atoms with van der Waals surface area (Å²) in [7, 11) is 0. The highest BCUT2D eigenvalue weighted by Gasteiger charge is 2.16. The average molecular weight is 487 g/mol. The molecule has 0 unspecified atom stereocenters. The number of halogens is 4. The quantitative estimate of drug-likeness (QED) is 0.553. The van der Waals surface area contributed by atoms with Crippen LogP contribution in [0.5, 0.6) is 5.75 Å². The molecule has 26 heavy (non-hydrogen) atoms. The van der Waals surface area contributed by atoms with Crippen LogP contribution in [0.2, 0.25) is 0 Å². The number of allylic oxidation sites excluding steroid dienone is 1. The Morgan fingerprint density at radius 3 is 2.38 bits per heavy atom. The first-order valence-electron chi connectivity index (χ1n) is 8.01. The Morgan fingerprint density at radius 1 is 1.15 bits per heavy atom. The number of hydrogen-bond donors (Lipinski definition) is 1. The highest BCUT2D eigenvalue weighted by molar-refractivity contribution is 9.11. The first-order valence-corrected chi connectivity index (χ1v) is 9.59. The lowest BCUT2D eigenvalue weighted by atomic mass is 10.2. The Labute approximate surface area is 166 Å². The molecular weight excluding hydrogens is 472 g/mol. The third-order valence-corrected chi connectivity index (χ3v) is 5.19. The van der Waals surface area contributed by atoms with Crippen molar-refractivity contribution in [3.63, 3.8) is 0 Å². The SMILES string of the molecule is O=C(Nc1cc(Br)c(OCc2c(F)cccc2F)c(Br)c1)C1=CCCC1. The molecule has 0 radical (unpaired) electrons. The fraction of sp³-hybridized carbons (Fsp3) is 0.211. The van der Waals surface area contributed by atoms with Gasteiger partial charge in [0.15, 0.2) is 0 Å². The number of rotatable bonds is 5. The molecule has 136 valence electrons. The summed E-state index contributed by atoms with van der Waals surface area (Å²) in [6, 6.07) is 7.04. The van der Waals surface area contributed by atoms with Crippen molar-refractivity contribution in [1.82, 2.24) is 0 Å². The predicted molar refractivity (Wildman–Crippen MR) is 103 cm³/mol. The van der Waals surface area contributed by atoms with Crippen molar-refractivity contribution in [3.8, 4) is 5.75 Å². The highest BCUT2D eigenvalue weighted by Crippen LogP contribution is 2.37. The minimum Gasteiger partial charge on any atom is -0.486 e.